The highest BCUT2D eigenvalue weighted by atomic mass is 32.1. The predicted molar refractivity (Wildman–Crippen MR) is 106 cm³/mol. The Labute approximate surface area is 165 Å². The minimum atomic E-state index is -0.336. The summed E-state index contributed by atoms with van der Waals surface area (Å²) in [6, 6.07) is 8.86. The molecule has 0 atom stereocenters. The average Bonchev–Trinajstić information content (AvgIpc) is 3.09. The number of ether oxygens (including phenoxy) is 4. The quantitative estimate of drug-likeness (QED) is 0.672. The molecule has 2 heterocycles. The van der Waals surface area contributed by atoms with Crippen molar-refractivity contribution in [1.29, 1.82) is 0 Å². The molecule has 1 aliphatic heterocycles. The Morgan fingerprint density at radius 2 is 1.93 bits per heavy atom. The molecule has 7 nitrogen and oxygen atoms in total. The number of hydrogen-bond acceptors (Lipinski definition) is 6. The number of methoxy groups -OCH3 is 2. The highest BCUT2D eigenvalue weighted by Crippen LogP contribution is 2.33. The molecule has 2 aromatic carbocycles. The third-order valence-electron chi connectivity index (χ3n) is 4.47. The molecule has 1 amide bonds. The maximum absolute atomic E-state index is 12.8. The molecule has 3 aromatic rings. The summed E-state index contributed by atoms with van der Waals surface area (Å²) in [4.78, 5) is 17.8. The standard InChI is InChI=1S/C20H20N2O5S/c1-4-22-18-16(25-3)10-13(24-2)11-17(18)28-20(22)21-19(23)12-5-6-14-15(9-12)27-8-7-26-14/h5-6,9-11H,4,7-8H2,1-3H3. The van der Waals surface area contributed by atoms with Crippen LogP contribution in [0.15, 0.2) is 35.3 Å². The first kappa shape index (κ1) is 18.4. The van der Waals surface area contributed by atoms with Crippen molar-refractivity contribution in [2.45, 2.75) is 13.5 Å². The van der Waals surface area contributed by atoms with E-state index in [4.69, 9.17) is 18.9 Å². The van der Waals surface area contributed by atoms with Crippen molar-refractivity contribution in [3.8, 4) is 23.0 Å². The molecule has 0 aliphatic carbocycles. The van der Waals surface area contributed by atoms with Gasteiger partial charge >= 0.3 is 0 Å². The minimum Gasteiger partial charge on any atom is -0.497 e. The van der Waals surface area contributed by atoms with E-state index in [1.165, 1.54) is 11.3 Å². The maximum atomic E-state index is 12.8. The largest absolute Gasteiger partial charge is 0.497 e. The zero-order valence-electron chi connectivity index (χ0n) is 15.9. The zero-order valence-corrected chi connectivity index (χ0v) is 16.7. The van der Waals surface area contributed by atoms with Gasteiger partial charge in [0.1, 0.15) is 30.2 Å². The topological polar surface area (TPSA) is 71.3 Å². The second-order valence-corrected chi connectivity index (χ2v) is 7.09. The van der Waals surface area contributed by atoms with Crippen molar-refractivity contribution < 1.29 is 23.7 Å². The van der Waals surface area contributed by atoms with Gasteiger partial charge in [0.05, 0.1) is 18.9 Å². The van der Waals surface area contributed by atoms with E-state index in [2.05, 4.69) is 4.99 Å². The van der Waals surface area contributed by atoms with Gasteiger partial charge in [0.25, 0.3) is 5.91 Å². The van der Waals surface area contributed by atoms with E-state index in [9.17, 15) is 4.79 Å². The van der Waals surface area contributed by atoms with E-state index >= 15 is 0 Å². The van der Waals surface area contributed by atoms with Crippen LogP contribution in [0.5, 0.6) is 23.0 Å². The fraction of sp³-hybridized carbons (Fsp3) is 0.300. The first-order chi connectivity index (χ1) is 13.6. The highest BCUT2D eigenvalue weighted by Gasteiger charge is 2.17. The van der Waals surface area contributed by atoms with Gasteiger partial charge in [-0.25, -0.2) is 0 Å². The fourth-order valence-electron chi connectivity index (χ4n) is 3.13. The van der Waals surface area contributed by atoms with Crippen LogP contribution in [-0.2, 0) is 6.54 Å². The summed E-state index contributed by atoms with van der Waals surface area (Å²) < 4.78 is 24.8. The summed E-state index contributed by atoms with van der Waals surface area (Å²) in [5.41, 5.74) is 1.35. The third kappa shape index (κ3) is 3.20. The van der Waals surface area contributed by atoms with Crippen LogP contribution >= 0.6 is 11.3 Å². The number of thiazole rings is 1. The van der Waals surface area contributed by atoms with Crippen LogP contribution in [0.1, 0.15) is 17.3 Å². The summed E-state index contributed by atoms with van der Waals surface area (Å²) in [6.07, 6.45) is 0. The van der Waals surface area contributed by atoms with Crippen LogP contribution in [0.25, 0.3) is 10.2 Å². The Bertz CT molecular complexity index is 1120. The molecule has 1 aromatic heterocycles. The number of nitrogens with zero attached hydrogens (tertiary/aromatic N) is 2. The molecule has 0 unspecified atom stereocenters. The summed E-state index contributed by atoms with van der Waals surface area (Å²) in [7, 11) is 3.22. The number of carbonyl (C=O) groups is 1. The van der Waals surface area contributed by atoms with E-state index in [0.717, 1.165) is 10.2 Å². The van der Waals surface area contributed by atoms with Crippen LogP contribution in [0.4, 0.5) is 0 Å². The van der Waals surface area contributed by atoms with E-state index in [1.807, 2.05) is 23.6 Å². The van der Waals surface area contributed by atoms with Crippen molar-refractivity contribution in [3.63, 3.8) is 0 Å². The summed E-state index contributed by atoms with van der Waals surface area (Å²) in [5, 5.41) is 0. The number of hydrogen-bond donors (Lipinski definition) is 0. The molecule has 0 saturated heterocycles. The summed E-state index contributed by atoms with van der Waals surface area (Å²) in [6.45, 7) is 3.63. The predicted octanol–water partition coefficient (Wildman–Crippen LogP) is 3.25. The van der Waals surface area contributed by atoms with Crippen LogP contribution in [0.2, 0.25) is 0 Å². The van der Waals surface area contributed by atoms with E-state index < -0.39 is 0 Å². The molecular formula is C20H20N2O5S. The minimum absolute atomic E-state index is 0.336. The third-order valence-corrected chi connectivity index (χ3v) is 5.50. The molecule has 0 spiro atoms. The Morgan fingerprint density at radius 3 is 2.64 bits per heavy atom. The number of aromatic nitrogens is 1. The Morgan fingerprint density at radius 1 is 1.14 bits per heavy atom. The monoisotopic (exact) mass is 400 g/mol. The smallest absolute Gasteiger partial charge is 0.279 e. The normalized spacial score (nSPS) is 13.6. The number of aryl methyl sites for hydroxylation is 1. The molecule has 0 fully saturated rings. The number of carbonyl (C=O) groups excluding carboxylic acids is 1. The molecule has 0 bridgehead atoms. The van der Waals surface area contributed by atoms with Crippen LogP contribution in [-0.4, -0.2) is 37.9 Å². The molecule has 8 heteroatoms. The number of fused-ring (bicyclic) bond motifs is 2. The SMILES string of the molecule is CCn1c(=NC(=O)c2ccc3c(c2)OCCO3)sc2cc(OC)cc(OC)c21. The highest BCUT2D eigenvalue weighted by molar-refractivity contribution is 7.16. The molecule has 4 rings (SSSR count). The van der Waals surface area contributed by atoms with Crippen molar-refractivity contribution in [1.82, 2.24) is 4.57 Å². The van der Waals surface area contributed by atoms with E-state index in [0.29, 0.717) is 53.1 Å². The summed E-state index contributed by atoms with van der Waals surface area (Å²) in [5.74, 6) is 2.25. The maximum Gasteiger partial charge on any atom is 0.279 e. The van der Waals surface area contributed by atoms with Crippen LogP contribution < -0.4 is 23.7 Å². The molecule has 0 radical (unpaired) electrons. The van der Waals surface area contributed by atoms with Gasteiger partial charge in [0.2, 0.25) is 0 Å². The summed E-state index contributed by atoms with van der Waals surface area (Å²) >= 11 is 1.42. The molecule has 28 heavy (non-hydrogen) atoms. The van der Waals surface area contributed by atoms with Gasteiger partial charge in [-0.05, 0) is 31.2 Å². The van der Waals surface area contributed by atoms with Crippen molar-refractivity contribution in [2.75, 3.05) is 27.4 Å². The molecule has 0 N–H and O–H groups in total. The first-order valence-electron chi connectivity index (χ1n) is 8.88. The number of amides is 1. The van der Waals surface area contributed by atoms with Gasteiger partial charge < -0.3 is 23.5 Å². The number of rotatable bonds is 4. The van der Waals surface area contributed by atoms with Gasteiger partial charge in [0, 0.05) is 18.2 Å². The first-order valence-corrected chi connectivity index (χ1v) is 9.70. The van der Waals surface area contributed by atoms with Crippen molar-refractivity contribution in [2.24, 2.45) is 4.99 Å². The Balaban J connectivity index is 1.81. The second kappa shape index (κ2) is 7.55. The van der Waals surface area contributed by atoms with E-state index in [-0.39, 0.29) is 5.91 Å². The molecular weight excluding hydrogens is 380 g/mol. The zero-order chi connectivity index (χ0) is 19.7. The van der Waals surface area contributed by atoms with Gasteiger partial charge in [-0.1, -0.05) is 11.3 Å². The second-order valence-electron chi connectivity index (χ2n) is 6.08. The lowest BCUT2D eigenvalue weighted by molar-refractivity contribution is 0.0996. The molecule has 1 aliphatic rings. The van der Waals surface area contributed by atoms with Gasteiger partial charge in [-0.2, -0.15) is 4.99 Å². The van der Waals surface area contributed by atoms with Gasteiger partial charge in [-0.3, -0.25) is 4.79 Å². The van der Waals surface area contributed by atoms with Crippen molar-refractivity contribution >= 4 is 27.5 Å². The lowest BCUT2D eigenvalue weighted by atomic mass is 10.2. The van der Waals surface area contributed by atoms with Gasteiger partial charge in [0.15, 0.2) is 16.3 Å². The lowest BCUT2D eigenvalue weighted by Gasteiger charge is -2.18. The number of benzene rings is 2. The molecule has 146 valence electrons. The average molecular weight is 400 g/mol. The van der Waals surface area contributed by atoms with Gasteiger partial charge in [-0.15, -0.1) is 0 Å². The van der Waals surface area contributed by atoms with Crippen LogP contribution in [0, 0.1) is 0 Å². The van der Waals surface area contributed by atoms with Crippen LogP contribution in [0.3, 0.4) is 0 Å². The molecule has 0 saturated carbocycles. The Hall–Kier alpha value is -3.00. The van der Waals surface area contributed by atoms with Crippen molar-refractivity contribution in [3.05, 3.63) is 40.7 Å². The van der Waals surface area contributed by atoms with E-state index in [1.54, 1.807) is 32.4 Å². The fourth-order valence-corrected chi connectivity index (χ4v) is 4.27. The lowest BCUT2D eigenvalue weighted by Crippen LogP contribution is -2.17. The Kier molecular flexibility index (Phi) is 4.95.